The number of hydrogen-bond acceptors (Lipinski definition) is 4. The van der Waals surface area contributed by atoms with Gasteiger partial charge in [0.05, 0.1) is 12.0 Å². The van der Waals surface area contributed by atoms with Gasteiger partial charge in [-0.3, -0.25) is 0 Å². The highest BCUT2D eigenvalue weighted by atomic mass is 32.2. The van der Waals surface area contributed by atoms with E-state index < -0.39 is 10.0 Å². The van der Waals surface area contributed by atoms with E-state index in [-0.39, 0.29) is 17.5 Å². The molecule has 3 rings (SSSR count). The number of fused-ring (bicyclic) bond motifs is 1. The summed E-state index contributed by atoms with van der Waals surface area (Å²) >= 11 is 0. The zero-order chi connectivity index (χ0) is 19.4. The van der Waals surface area contributed by atoms with Crippen LogP contribution in [0, 0.1) is 0 Å². The molecule has 3 aromatic carbocycles. The third kappa shape index (κ3) is 4.47. The molecular weight excluding hydrogens is 360 g/mol. The van der Waals surface area contributed by atoms with E-state index in [0.717, 1.165) is 22.1 Å². The first-order chi connectivity index (χ1) is 12.9. The molecular formula is C21H24N2O3S. The first-order valence-corrected chi connectivity index (χ1v) is 10.2. The van der Waals surface area contributed by atoms with Crippen LogP contribution in [0.15, 0.2) is 71.6 Å². The molecule has 0 unspecified atom stereocenters. The van der Waals surface area contributed by atoms with Crippen LogP contribution in [0.5, 0.6) is 5.75 Å². The summed E-state index contributed by atoms with van der Waals surface area (Å²) in [6.07, 6.45) is 0. The van der Waals surface area contributed by atoms with Gasteiger partial charge in [0.1, 0.15) is 5.75 Å². The Labute approximate surface area is 160 Å². The quantitative estimate of drug-likeness (QED) is 0.678. The second-order valence-electron chi connectivity index (χ2n) is 6.62. The number of nitrogens with one attached hydrogen (secondary N) is 1. The topological polar surface area (TPSA) is 58.6 Å². The number of benzene rings is 3. The fraction of sp³-hybridized carbons (Fsp3) is 0.238. The highest BCUT2D eigenvalue weighted by Gasteiger charge is 2.20. The number of likely N-dealkylation sites (N-methyl/N-ethyl adjacent to an activating group) is 1. The van der Waals surface area contributed by atoms with Crippen LogP contribution in [-0.4, -0.2) is 41.1 Å². The molecule has 27 heavy (non-hydrogen) atoms. The van der Waals surface area contributed by atoms with E-state index in [9.17, 15) is 8.42 Å². The molecule has 0 saturated carbocycles. The molecule has 0 fully saturated rings. The maximum Gasteiger partial charge on any atom is 0.240 e. The monoisotopic (exact) mass is 384 g/mol. The molecule has 1 atom stereocenters. The largest absolute Gasteiger partial charge is 0.497 e. The van der Waals surface area contributed by atoms with Crippen molar-refractivity contribution in [1.29, 1.82) is 0 Å². The zero-order valence-electron chi connectivity index (χ0n) is 15.7. The smallest absolute Gasteiger partial charge is 0.240 e. The van der Waals surface area contributed by atoms with Crippen molar-refractivity contribution in [2.45, 2.75) is 10.9 Å². The summed E-state index contributed by atoms with van der Waals surface area (Å²) < 4.78 is 33.6. The Bertz CT molecular complexity index is 1030. The average molecular weight is 385 g/mol. The first-order valence-electron chi connectivity index (χ1n) is 8.69. The minimum absolute atomic E-state index is 0.115. The summed E-state index contributed by atoms with van der Waals surface area (Å²) in [5.74, 6) is 0.747. The molecule has 0 radical (unpaired) electrons. The third-order valence-corrected chi connectivity index (χ3v) is 6.02. The predicted molar refractivity (Wildman–Crippen MR) is 109 cm³/mol. The number of rotatable bonds is 7. The fourth-order valence-corrected chi connectivity index (χ4v) is 4.13. The van der Waals surface area contributed by atoms with E-state index in [4.69, 9.17) is 4.74 Å². The molecule has 6 heteroatoms. The van der Waals surface area contributed by atoms with Crippen LogP contribution >= 0.6 is 0 Å². The molecule has 0 bridgehead atoms. The summed E-state index contributed by atoms with van der Waals surface area (Å²) in [6, 6.07) is 20.4. The van der Waals surface area contributed by atoms with Gasteiger partial charge in [0.25, 0.3) is 0 Å². The number of methoxy groups -OCH3 is 1. The van der Waals surface area contributed by atoms with Crippen LogP contribution in [0.3, 0.4) is 0 Å². The van der Waals surface area contributed by atoms with Gasteiger partial charge in [0.15, 0.2) is 0 Å². The van der Waals surface area contributed by atoms with E-state index in [2.05, 4.69) is 4.72 Å². The molecule has 0 spiro atoms. The number of ether oxygens (including phenoxy) is 1. The third-order valence-electron chi connectivity index (χ3n) is 4.60. The maximum absolute atomic E-state index is 12.8. The lowest BCUT2D eigenvalue weighted by Crippen LogP contribution is -2.34. The van der Waals surface area contributed by atoms with E-state index in [1.807, 2.05) is 73.6 Å². The van der Waals surface area contributed by atoms with E-state index in [1.54, 1.807) is 19.2 Å². The Kier molecular flexibility index (Phi) is 5.79. The Balaban J connectivity index is 1.82. The maximum atomic E-state index is 12.8. The molecule has 0 aromatic heterocycles. The second-order valence-corrected chi connectivity index (χ2v) is 8.38. The first kappa shape index (κ1) is 19.4. The lowest BCUT2D eigenvalue weighted by molar-refractivity contribution is 0.298. The summed E-state index contributed by atoms with van der Waals surface area (Å²) in [4.78, 5) is 2.25. The van der Waals surface area contributed by atoms with Gasteiger partial charge in [0.2, 0.25) is 10.0 Å². The molecule has 0 amide bonds. The van der Waals surface area contributed by atoms with E-state index >= 15 is 0 Å². The molecule has 0 heterocycles. The molecule has 0 saturated heterocycles. The Hall–Kier alpha value is -2.41. The fourth-order valence-electron chi connectivity index (χ4n) is 3.05. The summed E-state index contributed by atoms with van der Waals surface area (Å²) in [6.45, 7) is 0.259. The molecule has 5 nitrogen and oxygen atoms in total. The van der Waals surface area contributed by atoms with E-state index in [1.165, 1.54) is 0 Å². The Morgan fingerprint density at radius 1 is 0.963 bits per heavy atom. The predicted octanol–water partition coefficient (Wildman–Crippen LogP) is 3.43. The van der Waals surface area contributed by atoms with Crippen molar-refractivity contribution < 1.29 is 13.2 Å². The van der Waals surface area contributed by atoms with Gasteiger partial charge >= 0.3 is 0 Å². The van der Waals surface area contributed by atoms with Gasteiger partial charge in [-0.2, -0.15) is 0 Å². The molecule has 0 aliphatic rings. The molecule has 142 valence electrons. The number of nitrogens with zero attached hydrogens (tertiary/aromatic N) is 1. The SMILES string of the molecule is COc1cccc([C@H](CNS(=O)(=O)c2ccc3ccccc3c2)N(C)C)c1. The number of hydrogen-bond donors (Lipinski definition) is 1. The van der Waals surface area contributed by atoms with Gasteiger partial charge in [-0.15, -0.1) is 0 Å². The highest BCUT2D eigenvalue weighted by Crippen LogP contribution is 2.23. The lowest BCUT2D eigenvalue weighted by atomic mass is 10.1. The van der Waals surface area contributed by atoms with Crippen molar-refractivity contribution in [2.24, 2.45) is 0 Å². The van der Waals surface area contributed by atoms with Gasteiger partial charge in [0, 0.05) is 12.6 Å². The van der Waals surface area contributed by atoms with E-state index in [0.29, 0.717) is 0 Å². The van der Waals surface area contributed by atoms with Crippen molar-refractivity contribution in [3.63, 3.8) is 0 Å². The normalized spacial score (nSPS) is 13.0. The molecule has 0 aliphatic heterocycles. The van der Waals surface area contributed by atoms with Crippen LogP contribution in [0.25, 0.3) is 10.8 Å². The zero-order valence-corrected chi connectivity index (χ0v) is 16.5. The van der Waals surface area contributed by atoms with Gasteiger partial charge in [-0.1, -0.05) is 42.5 Å². The second kappa shape index (κ2) is 8.08. The summed E-state index contributed by atoms with van der Waals surface area (Å²) in [5.41, 5.74) is 0.987. The Morgan fingerprint density at radius 3 is 2.41 bits per heavy atom. The average Bonchev–Trinajstić information content (AvgIpc) is 2.67. The van der Waals surface area contributed by atoms with Crippen molar-refractivity contribution in [3.05, 3.63) is 72.3 Å². The standard InChI is InChI=1S/C21H24N2O3S/c1-23(2)21(18-9-6-10-19(13-18)26-3)15-22-27(24,25)20-12-11-16-7-4-5-8-17(16)14-20/h4-14,21-22H,15H2,1-3H3/t21-/m0/s1. The van der Waals surface area contributed by atoms with Crippen LogP contribution in [-0.2, 0) is 10.0 Å². The van der Waals surface area contributed by atoms with Gasteiger partial charge < -0.3 is 9.64 Å². The van der Waals surface area contributed by atoms with Crippen molar-refractivity contribution in [1.82, 2.24) is 9.62 Å². The summed E-state index contributed by atoms with van der Waals surface area (Å²) in [7, 11) is 1.86. The minimum Gasteiger partial charge on any atom is -0.497 e. The van der Waals surface area contributed by atoms with Crippen LogP contribution in [0.1, 0.15) is 11.6 Å². The minimum atomic E-state index is -3.61. The molecule has 0 aliphatic carbocycles. The molecule has 1 N–H and O–H groups in total. The molecule has 3 aromatic rings. The number of sulfonamides is 1. The lowest BCUT2D eigenvalue weighted by Gasteiger charge is -2.25. The van der Waals surface area contributed by atoms with Crippen LogP contribution in [0.2, 0.25) is 0 Å². The van der Waals surface area contributed by atoms with Crippen LogP contribution < -0.4 is 9.46 Å². The van der Waals surface area contributed by atoms with Crippen LogP contribution in [0.4, 0.5) is 0 Å². The van der Waals surface area contributed by atoms with Crippen molar-refractivity contribution in [3.8, 4) is 5.75 Å². The van der Waals surface area contributed by atoms with Gasteiger partial charge in [-0.25, -0.2) is 13.1 Å². The van der Waals surface area contributed by atoms with Crippen molar-refractivity contribution in [2.75, 3.05) is 27.7 Å². The van der Waals surface area contributed by atoms with Gasteiger partial charge in [-0.05, 0) is 54.7 Å². The summed E-state index contributed by atoms with van der Waals surface area (Å²) in [5, 5.41) is 1.91. The van der Waals surface area contributed by atoms with Crippen molar-refractivity contribution >= 4 is 20.8 Å². The Morgan fingerprint density at radius 2 is 1.70 bits per heavy atom. The highest BCUT2D eigenvalue weighted by molar-refractivity contribution is 7.89.